The van der Waals surface area contributed by atoms with Crippen LogP contribution in [0.5, 0.6) is 0 Å². The largest absolute Gasteiger partial charge is 0.352 e. The van der Waals surface area contributed by atoms with E-state index in [0.717, 1.165) is 5.56 Å². The van der Waals surface area contributed by atoms with Gasteiger partial charge in [0.2, 0.25) is 11.0 Å². The Morgan fingerprint density at radius 2 is 1.75 bits per heavy atom. The summed E-state index contributed by atoms with van der Waals surface area (Å²) in [5.41, 5.74) is 1.29. The highest BCUT2D eigenvalue weighted by molar-refractivity contribution is 7.18. The van der Waals surface area contributed by atoms with Crippen molar-refractivity contribution in [3.8, 4) is 10.6 Å². The number of halogens is 2. The third-order valence-corrected chi connectivity index (χ3v) is 5.20. The molecule has 0 bridgehead atoms. The lowest BCUT2D eigenvalue weighted by Crippen LogP contribution is -2.25. The molecule has 0 unspecified atom stereocenters. The van der Waals surface area contributed by atoms with E-state index in [1.807, 2.05) is 18.2 Å². The van der Waals surface area contributed by atoms with Crippen molar-refractivity contribution in [2.24, 2.45) is 0 Å². The van der Waals surface area contributed by atoms with Crippen LogP contribution >= 0.6 is 34.5 Å². The molecule has 0 spiro atoms. The lowest BCUT2D eigenvalue weighted by molar-refractivity contribution is -0.116. The van der Waals surface area contributed by atoms with Gasteiger partial charge in [-0.05, 0) is 36.8 Å². The van der Waals surface area contributed by atoms with Gasteiger partial charge in [0, 0.05) is 29.1 Å². The van der Waals surface area contributed by atoms with E-state index in [-0.39, 0.29) is 18.2 Å². The molecule has 28 heavy (non-hydrogen) atoms. The van der Waals surface area contributed by atoms with E-state index >= 15 is 0 Å². The zero-order valence-electron chi connectivity index (χ0n) is 14.6. The minimum atomic E-state index is -0.203. The molecule has 0 fully saturated rings. The fraction of sp³-hybridized carbons (Fsp3) is 0.158. The molecule has 0 radical (unpaired) electrons. The minimum Gasteiger partial charge on any atom is -0.352 e. The third-order valence-electron chi connectivity index (χ3n) is 3.75. The van der Waals surface area contributed by atoms with E-state index in [4.69, 9.17) is 23.2 Å². The lowest BCUT2D eigenvalue weighted by atomic mass is 10.2. The highest BCUT2D eigenvalue weighted by Gasteiger charge is 2.12. The van der Waals surface area contributed by atoms with E-state index in [1.54, 1.807) is 30.3 Å². The molecule has 2 N–H and O–H groups in total. The maximum atomic E-state index is 12.1. The summed E-state index contributed by atoms with van der Waals surface area (Å²) in [5, 5.41) is 15.7. The van der Waals surface area contributed by atoms with Crippen molar-refractivity contribution in [2.75, 3.05) is 11.9 Å². The van der Waals surface area contributed by atoms with Crippen molar-refractivity contribution in [3.05, 3.63) is 64.1 Å². The van der Waals surface area contributed by atoms with Crippen molar-refractivity contribution in [2.45, 2.75) is 12.8 Å². The maximum absolute atomic E-state index is 12.1. The highest BCUT2D eigenvalue weighted by atomic mass is 35.5. The van der Waals surface area contributed by atoms with Gasteiger partial charge in [-0.15, -0.1) is 10.2 Å². The monoisotopic (exact) mass is 434 g/mol. The summed E-state index contributed by atoms with van der Waals surface area (Å²) in [6, 6.07) is 13.9. The van der Waals surface area contributed by atoms with E-state index in [9.17, 15) is 9.59 Å². The predicted molar refractivity (Wildman–Crippen MR) is 112 cm³/mol. The van der Waals surface area contributed by atoms with Crippen LogP contribution in [-0.2, 0) is 4.79 Å². The second-order valence-corrected chi connectivity index (χ2v) is 7.63. The van der Waals surface area contributed by atoms with Gasteiger partial charge in [-0.3, -0.25) is 9.59 Å². The lowest BCUT2D eigenvalue weighted by Gasteiger charge is -2.05. The molecule has 0 aliphatic heterocycles. The zero-order valence-corrected chi connectivity index (χ0v) is 16.9. The fourth-order valence-electron chi connectivity index (χ4n) is 2.35. The summed E-state index contributed by atoms with van der Waals surface area (Å²) in [5.74, 6) is -0.395. The summed E-state index contributed by atoms with van der Waals surface area (Å²) in [6.45, 7) is 0.385. The van der Waals surface area contributed by atoms with Crippen molar-refractivity contribution in [3.63, 3.8) is 0 Å². The topological polar surface area (TPSA) is 84.0 Å². The van der Waals surface area contributed by atoms with Crippen LogP contribution in [0.2, 0.25) is 10.0 Å². The van der Waals surface area contributed by atoms with Gasteiger partial charge in [0.05, 0.1) is 5.02 Å². The molecule has 0 aliphatic carbocycles. The standard InChI is InChI=1S/C19H16Cl2N4O2S/c20-13-9-7-12(8-10-13)17(27)22-11-3-6-16(26)23-19-25-24-18(28-19)14-4-1-2-5-15(14)21/h1-2,4-5,7-10H,3,6,11H2,(H,22,27)(H,23,25,26). The number of rotatable bonds is 7. The van der Waals surface area contributed by atoms with Crippen LogP contribution in [0.3, 0.4) is 0 Å². The Balaban J connectivity index is 1.43. The number of nitrogens with one attached hydrogen (secondary N) is 2. The molecule has 0 saturated carbocycles. The number of hydrogen-bond donors (Lipinski definition) is 2. The van der Waals surface area contributed by atoms with Gasteiger partial charge < -0.3 is 10.6 Å². The Kier molecular flexibility index (Phi) is 6.97. The van der Waals surface area contributed by atoms with Gasteiger partial charge >= 0.3 is 0 Å². The van der Waals surface area contributed by atoms with E-state index < -0.39 is 0 Å². The molecule has 2 amide bonds. The number of aromatic nitrogens is 2. The normalized spacial score (nSPS) is 10.5. The van der Waals surface area contributed by atoms with Crippen LogP contribution in [0.4, 0.5) is 5.13 Å². The summed E-state index contributed by atoms with van der Waals surface area (Å²) >= 11 is 13.2. The Bertz CT molecular complexity index is 976. The molecule has 6 nitrogen and oxygen atoms in total. The molecule has 0 aliphatic rings. The van der Waals surface area contributed by atoms with Gasteiger partial charge in [-0.25, -0.2) is 0 Å². The van der Waals surface area contributed by atoms with E-state index in [0.29, 0.717) is 38.7 Å². The number of carbonyl (C=O) groups is 2. The summed E-state index contributed by atoms with van der Waals surface area (Å²) in [4.78, 5) is 24.0. The average molecular weight is 435 g/mol. The van der Waals surface area contributed by atoms with Gasteiger partial charge in [-0.2, -0.15) is 0 Å². The summed E-state index contributed by atoms with van der Waals surface area (Å²) in [6.07, 6.45) is 0.753. The van der Waals surface area contributed by atoms with Crippen LogP contribution in [0.15, 0.2) is 48.5 Å². The van der Waals surface area contributed by atoms with Crippen LogP contribution in [0, 0.1) is 0 Å². The maximum Gasteiger partial charge on any atom is 0.251 e. The number of anilines is 1. The average Bonchev–Trinajstić information content (AvgIpc) is 3.14. The first kappa shape index (κ1) is 20.3. The van der Waals surface area contributed by atoms with Gasteiger partial charge in [0.15, 0.2) is 5.01 Å². The molecular weight excluding hydrogens is 419 g/mol. The molecule has 144 valence electrons. The van der Waals surface area contributed by atoms with Gasteiger partial charge in [0.1, 0.15) is 0 Å². The minimum absolute atomic E-state index is 0.192. The zero-order chi connectivity index (χ0) is 19.9. The summed E-state index contributed by atoms with van der Waals surface area (Å²) < 4.78 is 0. The third kappa shape index (κ3) is 5.51. The van der Waals surface area contributed by atoms with Gasteiger partial charge in [-0.1, -0.05) is 52.7 Å². The van der Waals surface area contributed by atoms with Crippen LogP contribution < -0.4 is 10.6 Å². The molecule has 0 atom stereocenters. The number of nitrogens with zero attached hydrogens (tertiary/aromatic N) is 2. The first-order valence-corrected chi connectivity index (χ1v) is 10.0. The number of benzene rings is 2. The quantitative estimate of drug-likeness (QED) is 0.529. The smallest absolute Gasteiger partial charge is 0.251 e. The number of amides is 2. The van der Waals surface area contributed by atoms with Crippen molar-refractivity contribution in [1.29, 1.82) is 0 Å². The Morgan fingerprint density at radius 1 is 1.00 bits per heavy atom. The van der Waals surface area contributed by atoms with Crippen LogP contribution in [0.25, 0.3) is 10.6 Å². The Labute approximate surface area is 175 Å². The van der Waals surface area contributed by atoms with Crippen molar-refractivity contribution in [1.82, 2.24) is 15.5 Å². The number of hydrogen-bond acceptors (Lipinski definition) is 5. The van der Waals surface area contributed by atoms with Gasteiger partial charge in [0.25, 0.3) is 5.91 Å². The first-order chi connectivity index (χ1) is 13.5. The van der Waals surface area contributed by atoms with Crippen molar-refractivity contribution >= 4 is 51.5 Å². The highest BCUT2D eigenvalue weighted by Crippen LogP contribution is 2.31. The Hall–Kier alpha value is -2.48. The predicted octanol–water partition coefficient (Wildman–Crippen LogP) is 4.66. The molecule has 0 saturated heterocycles. The van der Waals surface area contributed by atoms with Crippen LogP contribution in [-0.4, -0.2) is 28.6 Å². The fourth-order valence-corrected chi connectivity index (χ4v) is 3.56. The number of carbonyl (C=O) groups excluding carboxylic acids is 2. The molecule has 3 aromatic rings. The SMILES string of the molecule is O=C(CCCNC(=O)c1ccc(Cl)cc1)Nc1nnc(-c2ccccc2Cl)s1. The molecule has 1 heterocycles. The summed E-state index contributed by atoms with van der Waals surface area (Å²) in [7, 11) is 0. The second kappa shape index (κ2) is 9.64. The molecule has 9 heteroatoms. The molecule has 2 aromatic carbocycles. The second-order valence-electron chi connectivity index (χ2n) is 5.81. The first-order valence-electron chi connectivity index (χ1n) is 8.45. The molecule has 3 rings (SSSR count). The molecule has 1 aromatic heterocycles. The Morgan fingerprint density at radius 3 is 2.50 bits per heavy atom. The van der Waals surface area contributed by atoms with Crippen LogP contribution in [0.1, 0.15) is 23.2 Å². The van der Waals surface area contributed by atoms with E-state index in [2.05, 4.69) is 20.8 Å². The van der Waals surface area contributed by atoms with E-state index in [1.165, 1.54) is 11.3 Å². The molecular formula is C19H16Cl2N4O2S. The van der Waals surface area contributed by atoms with Crippen molar-refractivity contribution < 1.29 is 9.59 Å².